The van der Waals surface area contributed by atoms with Crippen molar-refractivity contribution in [2.24, 2.45) is 16.3 Å². The second kappa shape index (κ2) is 7.90. The van der Waals surface area contributed by atoms with Crippen LogP contribution in [0.5, 0.6) is 0 Å². The lowest BCUT2D eigenvalue weighted by atomic mass is 9.56. The molecule has 2 atom stereocenters. The molecule has 5 nitrogen and oxygen atoms in total. The second-order valence-electron chi connectivity index (χ2n) is 6.64. The Hall–Kier alpha value is -3.36. The number of nitriles is 3. The van der Waals surface area contributed by atoms with Crippen LogP contribution in [-0.2, 0) is 4.74 Å². The summed E-state index contributed by atoms with van der Waals surface area (Å²) in [5.41, 5.74) is 0.814. The van der Waals surface area contributed by atoms with Gasteiger partial charge >= 0.3 is 0 Å². The molecule has 0 unspecified atom stereocenters. The van der Waals surface area contributed by atoms with E-state index in [2.05, 4.69) is 29.3 Å². The fraction of sp³-hybridized carbons (Fsp3) is 0.364. The third kappa shape index (κ3) is 3.01. The largest absolute Gasteiger partial charge is 0.483 e. The van der Waals surface area contributed by atoms with Crippen LogP contribution in [0.4, 0.5) is 0 Å². The number of benzene rings is 1. The fourth-order valence-electron chi connectivity index (χ4n) is 4.18. The van der Waals surface area contributed by atoms with Gasteiger partial charge in [-0.2, -0.15) is 15.8 Å². The summed E-state index contributed by atoms with van der Waals surface area (Å²) < 4.78 is 5.21. The van der Waals surface area contributed by atoms with Gasteiger partial charge in [0.25, 0.3) is 0 Å². The van der Waals surface area contributed by atoms with Crippen LogP contribution in [0.25, 0.3) is 0 Å². The van der Waals surface area contributed by atoms with Crippen LogP contribution >= 0.6 is 0 Å². The topological polar surface area (TPSA) is 93.0 Å². The lowest BCUT2D eigenvalue weighted by molar-refractivity contribution is 0.313. The van der Waals surface area contributed by atoms with Crippen molar-refractivity contribution >= 4 is 6.40 Å². The molecule has 3 rings (SSSR count). The van der Waals surface area contributed by atoms with Crippen LogP contribution < -0.4 is 0 Å². The molecule has 27 heavy (non-hydrogen) atoms. The molecule has 2 aliphatic rings. The summed E-state index contributed by atoms with van der Waals surface area (Å²) in [5.74, 6) is -0.438. The summed E-state index contributed by atoms with van der Waals surface area (Å²) in [7, 11) is 0. The van der Waals surface area contributed by atoms with E-state index in [4.69, 9.17) is 4.74 Å². The molecule has 134 valence electrons. The summed E-state index contributed by atoms with van der Waals surface area (Å²) in [6.07, 6.45) is 6.00. The Morgan fingerprint density at radius 3 is 2.59 bits per heavy atom. The summed E-state index contributed by atoms with van der Waals surface area (Å²) in [6.45, 7) is 2.24. The minimum atomic E-state index is -1.54. The van der Waals surface area contributed by atoms with Crippen LogP contribution in [0.2, 0.25) is 0 Å². The van der Waals surface area contributed by atoms with Crippen LogP contribution in [0.15, 0.2) is 58.2 Å². The monoisotopic (exact) mass is 356 g/mol. The van der Waals surface area contributed by atoms with Gasteiger partial charge in [-0.25, -0.2) is 4.99 Å². The normalized spacial score (nSPS) is 23.6. The summed E-state index contributed by atoms with van der Waals surface area (Å²) in [5, 5.41) is 30.2. The van der Waals surface area contributed by atoms with Crippen LogP contribution in [0, 0.1) is 45.3 Å². The minimum absolute atomic E-state index is 0.0545. The molecule has 0 amide bonds. The Morgan fingerprint density at radius 2 is 1.96 bits per heavy atom. The van der Waals surface area contributed by atoms with Crippen molar-refractivity contribution in [3.8, 4) is 18.2 Å². The number of allylic oxidation sites excluding steroid dienone is 4. The van der Waals surface area contributed by atoms with Gasteiger partial charge in [-0.15, -0.1) is 0 Å². The highest BCUT2D eigenvalue weighted by Crippen LogP contribution is 2.57. The Kier molecular flexibility index (Phi) is 5.39. The average molecular weight is 356 g/mol. The van der Waals surface area contributed by atoms with Gasteiger partial charge in [0.2, 0.25) is 0 Å². The molecule has 0 aromatic heterocycles. The fourth-order valence-corrected chi connectivity index (χ4v) is 4.18. The molecular weight excluding hydrogens is 336 g/mol. The predicted molar refractivity (Wildman–Crippen MR) is 101 cm³/mol. The molecule has 5 heteroatoms. The number of nitrogens with zero attached hydrogens (tertiary/aromatic N) is 4. The predicted octanol–water partition coefficient (Wildman–Crippen LogP) is 4.39. The van der Waals surface area contributed by atoms with E-state index in [1.165, 1.54) is 6.40 Å². The van der Waals surface area contributed by atoms with E-state index in [-0.39, 0.29) is 17.5 Å². The van der Waals surface area contributed by atoms with Crippen molar-refractivity contribution in [3.05, 3.63) is 58.8 Å². The van der Waals surface area contributed by atoms with E-state index in [1.807, 2.05) is 37.3 Å². The van der Waals surface area contributed by atoms with E-state index in [9.17, 15) is 15.8 Å². The first-order valence-electron chi connectivity index (χ1n) is 9.10. The molecule has 0 saturated carbocycles. The smallest absolute Gasteiger partial charge is 0.194 e. The van der Waals surface area contributed by atoms with Crippen molar-refractivity contribution in [2.45, 2.75) is 32.1 Å². The first-order chi connectivity index (χ1) is 13.2. The molecule has 0 spiro atoms. The molecule has 1 aromatic carbocycles. The molecule has 0 fully saturated rings. The lowest BCUT2D eigenvalue weighted by Crippen LogP contribution is -2.39. The molecule has 0 N–H and O–H groups in total. The second-order valence-corrected chi connectivity index (χ2v) is 6.64. The zero-order valence-electron chi connectivity index (χ0n) is 15.2. The molecule has 0 saturated heterocycles. The standard InChI is InChI=1S/C22H20N4O/c1-2-27-15-26-21-19(12-23)17-10-6-7-11-18(17)20(22(21,13-24)14-25)16-8-4-3-5-9-16/h3-5,8-10,15,18,20H,2,6-7,11H2,1H3/t18-,20+/m0/s1. The molecule has 0 bridgehead atoms. The van der Waals surface area contributed by atoms with Gasteiger partial charge in [-0.05, 0) is 43.2 Å². The third-order valence-electron chi connectivity index (χ3n) is 5.30. The summed E-state index contributed by atoms with van der Waals surface area (Å²) in [6, 6.07) is 16.3. The van der Waals surface area contributed by atoms with Crippen LogP contribution in [0.3, 0.4) is 0 Å². The molecule has 0 radical (unpaired) electrons. The first-order valence-corrected chi connectivity index (χ1v) is 9.10. The molecule has 0 heterocycles. The van der Waals surface area contributed by atoms with Crippen LogP contribution in [0.1, 0.15) is 37.7 Å². The van der Waals surface area contributed by atoms with Crippen molar-refractivity contribution in [1.29, 1.82) is 15.8 Å². The van der Waals surface area contributed by atoms with Gasteiger partial charge in [0.1, 0.15) is 6.07 Å². The van der Waals surface area contributed by atoms with E-state index < -0.39 is 5.41 Å². The molecule has 1 aromatic rings. The van der Waals surface area contributed by atoms with E-state index in [0.29, 0.717) is 12.2 Å². The van der Waals surface area contributed by atoms with Gasteiger partial charge < -0.3 is 4.74 Å². The Balaban J connectivity index is 2.32. The van der Waals surface area contributed by atoms with E-state index in [0.717, 1.165) is 30.4 Å². The highest BCUT2D eigenvalue weighted by Gasteiger charge is 2.54. The number of aliphatic imine (C=N–C) groups is 1. The maximum atomic E-state index is 10.2. The maximum absolute atomic E-state index is 10.2. The summed E-state index contributed by atoms with van der Waals surface area (Å²) >= 11 is 0. The number of hydrogen-bond acceptors (Lipinski definition) is 5. The molecule has 0 aliphatic heterocycles. The van der Waals surface area contributed by atoms with Gasteiger partial charge in [0, 0.05) is 5.92 Å². The third-order valence-corrected chi connectivity index (χ3v) is 5.30. The Bertz CT molecular complexity index is 908. The zero-order valence-corrected chi connectivity index (χ0v) is 15.2. The number of ether oxygens (including phenoxy) is 1. The zero-order chi connectivity index (χ0) is 19.3. The Labute approximate surface area is 159 Å². The molecule has 2 aliphatic carbocycles. The SMILES string of the molecule is CCOC=NC1=C(C#N)C2=CCCC[C@@H]2[C@@H](c2ccccc2)C1(C#N)C#N. The van der Waals surface area contributed by atoms with Gasteiger partial charge in [0.15, 0.2) is 11.8 Å². The highest BCUT2D eigenvalue weighted by molar-refractivity contribution is 5.63. The van der Waals surface area contributed by atoms with Gasteiger partial charge in [-0.1, -0.05) is 36.4 Å². The van der Waals surface area contributed by atoms with E-state index >= 15 is 0 Å². The quantitative estimate of drug-likeness (QED) is 0.591. The van der Waals surface area contributed by atoms with E-state index in [1.54, 1.807) is 0 Å². The first kappa shape index (κ1) is 18.4. The minimum Gasteiger partial charge on any atom is -0.483 e. The van der Waals surface area contributed by atoms with Crippen LogP contribution in [-0.4, -0.2) is 13.0 Å². The van der Waals surface area contributed by atoms with Gasteiger partial charge in [-0.3, -0.25) is 0 Å². The Morgan fingerprint density at radius 1 is 1.22 bits per heavy atom. The van der Waals surface area contributed by atoms with Gasteiger partial charge in [0.05, 0.1) is 30.0 Å². The lowest BCUT2D eigenvalue weighted by Gasteiger charge is -2.43. The van der Waals surface area contributed by atoms with Crippen molar-refractivity contribution in [3.63, 3.8) is 0 Å². The maximum Gasteiger partial charge on any atom is 0.194 e. The van der Waals surface area contributed by atoms with Crippen molar-refractivity contribution < 1.29 is 4.74 Å². The molecular formula is C22H20N4O. The number of hydrogen-bond donors (Lipinski definition) is 0. The number of fused-ring (bicyclic) bond motifs is 1. The van der Waals surface area contributed by atoms with Crippen molar-refractivity contribution in [1.82, 2.24) is 0 Å². The highest BCUT2D eigenvalue weighted by atomic mass is 16.5. The average Bonchev–Trinajstić information content (AvgIpc) is 2.73. The summed E-state index contributed by atoms with van der Waals surface area (Å²) in [4.78, 5) is 4.31. The number of rotatable bonds is 4. The van der Waals surface area contributed by atoms with Crippen molar-refractivity contribution in [2.75, 3.05) is 6.61 Å².